The highest BCUT2D eigenvalue weighted by atomic mass is 16.2. The van der Waals surface area contributed by atoms with E-state index < -0.39 is 0 Å². The lowest BCUT2D eigenvalue weighted by molar-refractivity contribution is -0.136. The van der Waals surface area contributed by atoms with Gasteiger partial charge >= 0.3 is 0 Å². The molecule has 1 fully saturated rings. The summed E-state index contributed by atoms with van der Waals surface area (Å²) in [6.45, 7) is 4.49. The third-order valence-electron chi connectivity index (χ3n) is 4.20. The number of hydrogen-bond donors (Lipinski definition) is 0. The maximum atomic E-state index is 11.9. The maximum absolute atomic E-state index is 11.9. The van der Waals surface area contributed by atoms with Crippen LogP contribution in [0.25, 0.3) is 0 Å². The monoisotopic (exact) mass is 292 g/mol. The Morgan fingerprint density at radius 1 is 1.14 bits per heavy atom. The molecule has 0 aromatic heterocycles. The minimum Gasteiger partial charge on any atom is -0.342 e. The van der Waals surface area contributed by atoms with Crippen molar-refractivity contribution in [1.82, 2.24) is 9.80 Å². The van der Waals surface area contributed by atoms with E-state index >= 15 is 0 Å². The SMILES string of the molecule is CC1CCN(C(=O)CCCCCCN2C(=O)C=CC2=O)C1. The number of hydrogen-bond acceptors (Lipinski definition) is 3. The smallest absolute Gasteiger partial charge is 0.253 e. The average molecular weight is 292 g/mol. The summed E-state index contributed by atoms with van der Waals surface area (Å²) in [6.07, 6.45) is 8.00. The topological polar surface area (TPSA) is 57.7 Å². The fraction of sp³-hybridized carbons (Fsp3) is 0.688. The second-order valence-electron chi connectivity index (χ2n) is 6.06. The van der Waals surface area contributed by atoms with Crippen molar-refractivity contribution < 1.29 is 14.4 Å². The second-order valence-corrected chi connectivity index (χ2v) is 6.06. The van der Waals surface area contributed by atoms with Gasteiger partial charge in [0.1, 0.15) is 0 Å². The zero-order valence-corrected chi connectivity index (χ0v) is 12.7. The van der Waals surface area contributed by atoms with Crippen LogP contribution in [0, 0.1) is 5.92 Å². The zero-order valence-electron chi connectivity index (χ0n) is 12.7. The number of amides is 3. The van der Waals surface area contributed by atoms with Crippen LogP contribution in [0.3, 0.4) is 0 Å². The summed E-state index contributed by atoms with van der Waals surface area (Å²) in [4.78, 5) is 37.9. The van der Waals surface area contributed by atoms with E-state index in [-0.39, 0.29) is 17.7 Å². The normalized spacial score (nSPS) is 21.7. The first-order valence-corrected chi connectivity index (χ1v) is 7.89. The Morgan fingerprint density at radius 3 is 2.43 bits per heavy atom. The molecule has 2 heterocycles. The van der Waals surface area contributed by atoms with Crippen molar-refractivity contribution >= 4 is 17.7 Å². The molecule has 0 aliphatic carbocycles. The van der Waals surface area contributed by atoms with Crippen LogP contribution in [-0.4, -0.2) is 47.2 Å². The number of rotatable bonds is 7. The first kappa shape index (κ1) is 15.7. The molecule has 1 unspecified atom stereocenters. The summed E-state index contributed by atoms with van der Waals surface area (Å²) < 4.78 is 0. The highest BCUT2D eigenvalue weighted by Gasteiger charge is 2.23. The Bertz CT molecular complexity index is 427. The Labute approximate surface area is 126 Å². The van der Waals surface area contributed by atoms with E-state index in [4.69, 9.17) is 0 Å². The number of likely N-dealkylation sites (tertiary alicyclic amines) is 1. The first-order chi connectivity index (χ1) is 10.1. The summed E-state index contributed by atoms with van der Waals surface area (Å²) in [5.74, 6) is 0.489. The summed E-state index contributed by atoms with van der Waals surface area (Å²) >= 11 is 0. The van der Waals surface area contributed by atoms with Crippen LogP contribution in [0.15, 0.2) is 12.2 Å². The third kappa shape index (κ3) is 4.41. The quantitative estimate of drug-likeness (QED) is 0.530. The van der Waals surface area contributed by atoms with Gasteiger partial charge in [-0.25, -0.2) is 0 Å². The number of nitrogens with zero attached hydrogens (tertiary/aromatic N) is 2. The van der Waals surface area contributed by atoms with Crippen molar-refractivity contribution in [3.8, 4) is 0 Å². The van der Waals surface area contributed by atoms with Crippen molar-refractivity contribution in [2.75, 3.05) is 19.6 Å². The molecule has 1 saturated heterocycles. The molecule has 21 heavy (non-hydrogen) atoms. The Kier molecular flexibility index (Phi) is 5.53. The molecule has 2 aliphatic rings. The van der Waals surface area contributed by atoms with Gasteiger partial charge in [-0.15, -0.1) is 0 Å². The summed E-state index contributed by atoms with van der Waals surface area (Å²) in [7, 11) is 0. The van der Waals surface area contributed by atoms with Crippen molar-refractivity contribution in [3.63, 3.8) is 0 Å². The van der Waals surface area contributed by atoms with Crippen molar-refractivity contribution in [3.05, 3.63) is 12.2 Å². The lowest BCUT2D eigenvalue weighted by Crippen LogP contribution is -2.30. The minimum atomic E-state index is -0.210. The lowest BCUT2D eigenvalue weighted by Gasteiger charge is -2.16. The molecule has 0 aromatic carbocycles. The Hall–Kier alpha value is -1.65. The van der Waals surface area contributed by atoms with E-state index in [0.717, 1.165) is 45.2 Å². The third-order valence-corrected chi connectivity index (χ3v) is 4.20. The number of carbonyl (C=O) groups excluding carboxylic acids is 3. The van der Waals surface area contributed by atoms with Crippen LogP contribution < -0.4 is 0 Å². The number of carbonyl (C=O) groups is 3. The van der Waals surface area contributed by atoms with Gasteiger partial charge in [0, 0.05) is 38.2 Å². The van der Waals surface area contributed by atoms with E-state index in [2.05, 4.69) is 6.92 Å². The van der Waals surface area contributed by atoms with Gasteiger partial charge in [-0.1, -0.05) is 19.8 Å². The molecule has 3 amide bonds. The second kappa shape index (κ2) is 7.38. The summed E-state index contributed by atoms with van der Waals surface area (Å²) in [5.41, 5.74) is 0. The van der Waals surface area contributed by atoms with E-state index in [1.165, 1.54) is 17.1 Å². The van der Waals surface area contributed by atoms with Crippen LogP contribution in [0.4, 0.5) is 0 Å². The molecule has 0 radical (unpaired) electrons. The standard InChI is InChI=1S/C16H24N2O3/c1-13-9-11-17(12-13)14(19)6-4-2-3-5-10-18-15(20)7-8-16(18)21/h7-8,13H,2-6,9-12H2,1H3. The highest BCUT2D eigenvalue weighted by Crippen LogP contribution is 2.17. The Morgan fingerprint density at radius 2 is 1.81 bits per heavy atom. The van der Waals surface area contributed by atoms with Gasteiger partial charge in [0.2, 0.25) is 5.91 Å². The predicted octanol–water partition coefficient (Wildman–Crippen LogP) is 1.73. The molecule has 116 valence electrons. The highest BCUT2D eigenvalue weighted by molar-refractivity contribution is 6.12. The van der Waals surface area contributed by atoms with Crippen LogP contribution in [0.5, 0.6) is 0 Å². The molecule has 0 N–H and O–H groups in total. The minimum absolute atomic E-state index is 0.210. The summed E-state index contributed by atoms with van der Waals surface area (Å²) in [5, 5.41) is 0. The number of unbranched alkanes of at least 4 members (excludes halogenated alkanes) is 3. The number of imide groups is 1. The molecule has 0 aromatic rings. The fourth-order valence-corrected chi connectivity index (χ4v) is 2.87. The average Bonchev–Trinajstić information content (AvgIpc) is 3.02. The van der Waals surface area contributed by atoms with Gasteiger partial charge in [0.25, 0.3) is 11.8 Å². The van der Waals surface area contributed by atoms with Crippen LogP contribution in [0.1, 0.15) is 45.4 Å². The molecule has 5 nitrogen and oxygen atoms in total. The van der Waals surface area contributed by atoms with Gasteiger partial charge in [-0.05, 0) is 25.2 Å². The molecule has 5 heteroatoms. The van der Waals surface area contributed by atoms with Gasteiger partial charge in [-0.2, -0.15) is 0 Å². The lowest BCUT2D eigenvalue weighted by atomic mass is 10.1. The van der Waals surface area contributed by atoms with E-state index in [1.807, 2.05) is 4.90 Å². The van der Waals surface area contributed by atoms with Crippen molar-refractivity contribution in [2.24, 2.45) is 5.92 Å². The maximum Gasteiger partial charge on any atom is 0.253 e. The van der Waals surface area contributed by atoms with Gasteiger partial charge < -0.3 is 4.90 Å². The van der Waals surface area contributed by atoms with Crippen molar-refractivity contribution in [2.45, 2.75) is 45.4 Å². The Balaban J connectivity index is 1.51. The van der Waals surface area contributed by atoms with E-state index in [1.54, 1.807) is 0 Å². The van der Waals surface area contributed by atoms with Gasteiger partial charge in [-0.3, -0.25) is 19.3 Å². The van der Waals surface area contributed by atoms with E-state index in [0.29, 0.717) is 18.9 Å². The molecule has 1 atom stereocenters. The largest absolute Gasteiger partial charge is 0.342 e. The van der Waals surface area contributed by atoms with Crippen LogP contribution >= 0.6 is 0 Å². The summed E-state index contributed by atoms with van der Waals surface area (Å²) in [6, 6.07) is 0. The molecular weight excluding hydrogens is 268 g/mol. The zero-order chi connectivity index (χ0) is 15.2. The van der Waals surface area contributed by atoms with E-state index in [9.17, 15) is 14.4 Å². The van der Waals surface area contributed by atoms with Crippen molar-refractivity contribution in [1.29, 1.82) is 0 Å². The van der Waals surface area contributed by atoms with Crippen LogP contribution in [-0.2, 0) is 14.4 Å². The first-order valence-electron chi connectivity index (χ1n) is 7.89. The molecule has 0 saturated carbocycles. The van der Waals surface area contributed by atoms with Gasteiger partial charge in [0.05, 0.1) is 0 Å². The molecule has 2 rings (SSSR count). The van der Waals surface area contributed by atoms with Crippen LogP contribution in [0.2, 0.25) is 0 Å². The molecule has 2 aliphatic heterocycles. The fourth-order valence-electron chi connectivity index (χ4n) is 2.87. The predicted molar refractivity (Wildman–Crippen MR) is 79.3 cm³/mol. The molecule has 0 spiro atoms. The molecular formula is C16H24N2O3. The van der Waals surface area contributed by atoms with Gasteiger partial charge in [0.15, 0.2) is 0 Å². The molecule has 0 bridgehead atoms.